The number of nitrogens with one attached hydrogen (secondary N) is 1. The van der Waals surface area contributed by atoms with E-state index >= 15 is 4.39 Å². The number of hydrogen-bond donors (Lipinski definition) is 1. The van der Waals surface area contributed by atoms with E-state index in [1.807, 2.05) is 57.2 Å². The number of anilines is 2. The minimum Gasteiger partial charge on any atom is -0.336 e. The molecule has 2 amide bonds. The molecule has 2 aromatic carbocycles. The average Bonchev–Trinajstić information content (AvgIpc) is 3.46. The van der Waals surface area contributed by atoms with E-state index in [0.717, 1.165) is 11.8 Å². The Balaban J connectivity index is 1.54. The quantitative estimate of drug-likeness (QED) is 0.231. The van der Waals surface area contributed by atoms with E-state index in [-0.39, 0.29) is 22.7 Å². The van der Waals surface area contributed by atoms with Gasteiger partial charge in [-0.2, -0.15) is 8.42 Å². The largest absolute Gasteiger partial charge is 0.354 e. The highest BCUT2D eigenvalue weighted by molar-refractivity contribution is 7.86. The normalized spacial score (nSPS) is 12.0. The molecule has 11 nitrogen and oxygen atoms in total. The van der Waals surface area contributed by atoms with Crippen molar-refractivity contribution in [1.82, 2.24) is 14.7 Å². The first kappa shape index (κ1) is 30.6. The summed E-state index contributed by atoms with van der Waals surface area (Å²) in [6.45, 7) is 7.16. The van der Waals surface area contributed by atoms with E-state index in [1.54, 1.807) is 26.2 Å². The lowest BCUT2D eigenvalue weighted by Crippen LogP contribution is -2.37. The average molecular weight is 620 g/mol. The fraction of sp³-hybridized carbons (Fsp3) is 0.226. The van der Waals surface area contributed by atoms with Gasteiger partial charge in [0.1, 0.15) is 5.82 Å². The minimum absolute atomic E-state index is 0.247. The lowest BCUT2D eigenvalue weighted by atomic mass is 9.92. The van der Waals surface area contributed by atoms with Crippen molar-refractivity contribution in [3.63, 3.8) is 0 Å². The molecule has 0 aliphatic heterocycles. The van der Waals surface area contributed by atoms with Gasteiger partial charge in [0.15, 0.2) is 0 Å². The van der Waals surface area contributed by atoms with Crippen molar-refractivity contribution in [2.75, 3.05) is 16.6 Å². The van der Waals surface area contributed by atoms with Crippen molar-refractivity contribution in [3.05, 3.63) is 94.3 Å². The van der Waals surface area contributed by atoms with Crippen LogP contribution in [-0.4, -0.2) is 35.4 Å². The van der Waals surface area contributed by atoms with Gasteiger partial charge < -0.3 is 14.4 Å². The van der Waals surface area contributed by atoms with Gasteiger partial charge in [-0.15, -0.1) is 9.35 Å². The number of nitrogens with zero attached hydrogens (tertiary/aromatic N) is 4. The van der Waals surface area contributed by atoms with E-state index in [9.17, 15) is 18.0 Å². The second-order valence-electron chi connectivity index (χ2n) is 11.4. The smallest absolute Gasteiger partial charge is 0.336 e. The molecular formula is C31H30FN5O6S. The molecule has 0 unspecified atom stereocenters. The molecule has 0 radical (unpaired) electrons. The zero-order chi connectivity index (χ0) is 32.0. The van der Waals surface area contributed by atoms with Crippen molar-refractivity contribution in [2.24, 2.45) is 7.05 Å². The van der Waals surface area contributed by atoms with Crippen LogP contribution in [0.3, 0.4) is 0 Å². The van der Waals surface area contributed by atoms with Gasteiger partial charge in [0.05, 0.1) is 28.8 Å². The molecule has 0 spiro atoms. The molecule has 0 fully saturated rings. The summed E-state index contributed by atoms with van der Waals surface area (Å²) in [5, 5.41) is 7.22. The van der Waals surface area contributed by atoms with Crippen LogP contribution in [0.4, 0.5) is 20.8 Å². The second kappa shape index (κ2) is 11.3. The zero-order valence-corrected chi connectivity index (χ0v) is 25.7. The third-order valence-electron chi connectivity index (χ3n) is 6.88. The van der Waals surface area contributed by atoms with Gasteiger partial charge >= 0.3 is 6.03 Å². The predicted molar refractivity (Wildman–Crippen MR) is 165 cm³/mol. The molecule has 228 valence electrons. The molecule has 0 aliphatic carbocycles. The van der Waals surface area contributed by atoms with Crippen LogP contribution in [0.1, 0.15) is 32.0 Å². The molecule has 3 aromatic heterocycles. The van der Waals surface area contributed by atoms with Gasteiger partial charge in [-0.05, 0) is 42.3 Å². The number of carbonyl (C=O) groups is 1. The highest BCUT2D eigenvalue weighted by Crippen LogP contribution is 2.31. The zero-order valence-electron chi connectivity index (χ0n) is 24.9. The summed E-state index contributed by atoms with van der Waals surface area (Å²) >= 11 is 0. The molecular weight excluding hydrogens is 589 g/mol. The summed E-state index contributed by atoms with van der Waals surface area (Å²) in [7, 11) is -2.59. The molecule has 5 aromatic rings. The highest BCUT2D eigenvalue weighted by Gasteiger charge is 2.29. The number of aromatic nitrogens is 3. The molecule has 0 saturated heterocycles. The lowest BCUT2D eigenvalue weighted by Gasteiger charge is -2.19. The molecule has 5 rings (SSSR count). The Bertz CT molecular complexity index is 2070. The van der Waals surface area contributed by atoms with E-state index in [4.69, 9.17) is 8.81 Å². The third kappa shape index (κ3) is 6.24. The van der Waals surface area contributed by atoms with Crippen LogP contribution in [0, 0.1) is 12.7 Å². The Kier molecular flexibility index (Phi) is 7.87. The van der Waals surface area contributed by atoms with Crippen molar-refractivity contribution >= 4 is 38.6 Å². The van der Waals surface area contributed by atoms with Crippen molar-refractivity contribution in [2.45, 2.75) is 33.1 Å². The monoisotopic (exact) mass is 619 g/mol. The summed E-state index contributed by atoms with van der Waals surface area (Å²) in [4.78, 5) is 31.4. The van der Waals surface area contributed by atoms with Gasteiger partial charge in [-0.3, -0.25) is 9.78 Å². The molecule has 1 N–H and O–H groups in total. The fourth-order valence-corrected chi connectivity index (χ4v) is 4.98. The van der Waals surface area contributed by atoms with Crippen LogP contribution in [0.2, 0.25) is 0 Å². The van der Waals surface area contributed by atoms with Gasteiger partial charge in [0.25, 0.3) is 21.6 Å². The topological polar surface area (TPSA) is 137 Å². The van der Waals surface area contributed by atoms with Crippen molar-refractivity contribution in [1.29, 1.82) is 0 Å². The Hall–Kier alpha value is -4.88. The minimum atomic E-state index is -4.22. The number of rotatable bonds is 6. The maximum absolute atomic E-state index is 15.2. The van der Waals surface area contributed by atoms with E-state index in [0.29, 0.717) is 38.5 Å². The molecule has 0 bridgehead atoms. The molecule has 3 heterocycles. The summed E-state index contributed by atoms with van der Waals surface area (Å²) in [6.07, 6.45) is 2.40. The van der Waals surface area contributed by atoms with Crippen LogP contribution >= 0.6 is 0 Å². The van der Waals surface area contributed by atoms with Gasteiger partial charge in [0.2, 0.25) is 0 Å². The molecule has 13 heteroatoms. The summed E-state index contributed by atoms with van der Waals surface area (Å²) in [6, 6.07) is 15.7. The number of aryl methyl sites for hydroxylation is 2. The Morgan fingerprint density at radius 1 is 1.07 bits per heavy atom. The second-order valence-corrected chi connectivity index (χ2v) is 12.9. The SMILES string of the molecule is Cc1cc(F)c(NC(=O)N(OS(C)(=O)=O)c2cc(C(C)(C)C)no2)cc1-c1cc2cnc(-c3ccccc3)cc2n(C)c1=O. The van der Waals surface area contributed by atoms with E-state index in [1.165, 1.54) is 22.8 Å². The van der Waals surface area contributed by atoms with Crippen LogP contribution in [0.15, 0.2) is 76.2 Å². The van der Waals surface area contributed by atoms with Crippen molar-refractivity contribution in [3.8, 4) is 22.4 Å². The number of amides is 2. The first-order chi connectivity index (χ1) is 20.6. The maximum Gasteiger partial charge on any atom is 0.354 e. The molecule has 0 aliphatic rings. The van der Waals surface area contributed by atoms with E-state index in [2.05, 4.69) is 15.5 Å². The summed E-state index contributed by atoms with van der Waals surface area (Å²) < 4.78 is 50.7. The van der Waals surface area contributed by atoms with Gasteiger partial charge in [-0.25, -0.2) is 9.18 Å². The Morgan fingerprint density at radius 3 is 2.41 bits per heavy atom. The fourth-order valence-electron chi connectivity index (χ4n) is 4.57. The standard InChI is InChI=1S/C31H30FN5O6S/c1-18-12-23(32)25(34-30(39)37(43-44(6,40)41)28-16-27(35-42-28)31(2,3)4)14-21(18)22-13-20-17-33-24(19-10-8-7-9-11-19)15-26(20)36(5)29(22)38/h7-17H,1-6H3,(H,34,39). The van der Waals surface area contributed by atoms with E-state index < -0.39 is 27.4 Å². The molecule has 44 heavy (non-hydrogen) atoms. The summed E-state index contributed by atoms with van der Waals surface area (Å²) in [5.41, 5.74) is 2.53. The maximum atomic E-state index is 15.2. The Morgan fingerprint density at radius 2 is 1.77 bits per heavy atom. The number of carbonyl (C=O) groups excluding carboxylic acids is 1. The number of hydrogen-bond acceptors (Lipinski definition) is 8. The van der Waals surface area contributed by atoms with Crippen molar-refractivity contribution < 1.29 is 26.4 Å². The molecule has 0 atom stereocenters. The van der Waals surface area contributed by atoms with Crippen LogP contribution in [-0.2, 0) is 26.9 Å². The van der Waals surface area contributed by atoms with Crippen LogP contribution < -0.4 is 15.9 Å². The summed E-state index contributed by atoms with van der Waals surface area (Å²) in [5.74, 6) is -1.16. The van der Waals surface area contributed by atoms with Crippen LogP contribution in [0.5, 0.6) is 0 Å². The van der Waals surface area contributed by atoms with Crippen LogP contribution in [0.25, 0.3) is 33.3 Å². The first-order valence-electron chi connectivity index (χ1n) is 13.5. The number of benzene rings is 2. The number of fused-ring (bicyclic) bond motifs is 1. The number of hydroxylamine groups is 1. The molecule has 0 saturated carbocycles. The number of urea groups is 1. The lowest BCUT2D eigenvalue weighted by molar-refractivity contribution is 0.217. The Labute approximate surface area is 253 Å². The van der Waals surface area contributed by atoms with Gasteiger partial charge in [0, 0.05) is 41.2 Å². The highest BCUT2D eigenvalue weighted by atomic mass is 32.2. The first-order valence-corrected chi connectivity index (χ1v) is 15.3. The number of pyridine rings is 2. The van der Waals surface area contributed by atoms with Gasteiger partial charge in [-0.1, -0.05) is 56.3 Å². The third-order valence-corrected chi connectivity index (χ3v) is 7.30. The number of halogens is 1. The predicted octanol–water partition coefficient (Wildman–Crippen LogP) is 5.93.